The highest BCUT2D eigenvalue weighted by atomic mass is 16.3. The lowest BCUT2D eigenvalue weighted by Crippen LogP contribution is -2.41. The fourth-order valence-corrected chi connectivity index (χ4v) is 3.20. The smallest absolute Gasteiger partial charge is 0.319 e. The van der Waals surface area contributed by atoms with E-state index in [9.17, 15) is 9.90 Å². The van der Waals surface area contributed by atoms with Crippen LogP contribution in [0.3, 0.4) is 0 Å². The van der Waals surface area contributed by atoms with Crippen molar-refractivity contribution in [2.75, 3.05) is 5.32 Å². The first-order valence-electron chi connectivity index (χ1n) is 8.41. The minimum Gasteiger partial charge on any atom is -0.393 e. The molecule has 0 atom stereocenters. The number of aryl methyl sites for hydroxylation is 2. The Morgan fingerprint density at radius 3 is 2.58 bits per heavy atom. The van der Waals surface area contributed by atoms with Gasteiger partial charge in [-0.1, -0.05) is 12.1 Å². The molecule has 2 amide bonds. The van der Waals surface area contributed by atoms with E-state index in [0.29, 0.717) is 0 Å². The summed E-state index contributed by atoms with van der Waals surface area (Å²) in [7, 11) is 0. The van der Waals surface area contributed by atoms with Gasteiger partial charge in [-0.2, -0.15) is 5.10 Å². The first-order chi connectivity index (χ1) is 11.5. The molecule has 1 aliphatic carbocycles. The Kier molecular flexibility index (Phi) is 4.85. The molecule has 2 aromatic rings. The average molecular weight is 328 g/mol. The van der Waals surface area contributed by atoms with Crippen molar-refractivity contribution in [2.24, 2.45) is 0 Å². The van der Waals surface area contributed by atoms with E-state index in [1.807, 2.05) is 48.9 Å². The first-order valence-corrected chi connectivity index (χ1v) is 8.41. The molecule has 0 unspecified atom stereocenters. The van der Waals surface area contributed by atoms with Gasteiger partial charge in [0.1, 0.15) is 0 Å². The summed E-state index contributed by atoms with van der Waals surface area (Å²) >= 11 is 0. The van der Waals surface area contributed by atoms with Gasteiger partial charge in [-0.05, 0) is 57.7 Å². The maximum Gasteiger partial charge on any atom is 0.319 e. The number of anilines is 1. The second-order valence-electron chi connectivity index (χ2n) is 6.46. The minimum absolute atomic E-state index is 0.120. The molecule has 6 heteroatoms. The molecule has 0 aliphatic heterocycles. The third kappa shape index (κ3) is 3.76. The van der Waals surface area contributed by atoms with Crippen LogP contribution in [-0.2, 0) is 0 Å². The fraction of sp³-hybridized carbons (Fsp3) is 0.444. The molecule has 3 N–H and O–H groups in total. The number of hydrogen-bond acceptors (Lipinski definition) is 3. The predicted molar refractivity (Wildman–Crippen MR) is 93.5 cm³/mol. The Bertz CT molecular complexity index is 718. The molecule has 1 aliphatic rings. The highest BCUT2D eigenvalue weighted by Crippen LogP contribution is 2.22. The largest absolute Gasteiger partial charge is 0.393 e. The van der Waals surface area contributed by atoms with E-state index < -0.39 is 0 Å². The predicted octanol–water partition coefficient (Wildman–Crippen LogP) is 2.91. The van der Waals surface area contributed by atoms with E-state index in [1.54, 1.807) is 0 Å². The summed E-state index contributed by atoms with van der Waals surface area (Å²) in [6.07, 6.45) is 2.89. The molecule has 24 heavy (non-hydrogen) atoms. The molecule has 1 fully saturated rings. The molecular formula is C18H24N4O2. The molecule has 0 bridgehead atoms. The summed E-state index contributed by atoms with van der Waals surface area (Å²) in [4.78, 5) is 12.3. The molecule has 0 spiro atoms. The lowest BCUT2D eigenvalue weighted by Gasteiger charge is -2.26. The number of aromatic nitrogens is 2. The maximum atomic E-state index is 12.3. The van der Waals surface area contributed by atoms with E-state index in [0.717, 1.165) is 48.4 Å². The Morgan fingerprint density at radius 2 is 1.92 bits per heavy atom. The molecule has 1 heterocycles. The highest BCUT2D eigenvalue weighted by Gasteiger charge is 2.21. The third-order valence-electron chi connectivity index (χ3n) is 4.42. The summed E-state index contributed by atoms with van der Waals surface area (Å²) in [5.74, 6) is 0. The highest BCUT2D eigenvalue weighted by molar-refractivity contribution is 5.91. The topological polar surface area (TPSA) is 79.2 Å². The Labute approximate surface area is 141 Å². The standard InChI is InChI=1S/C18H24N4O2/c1-12-11-13(2)22(21-12)17-6-4-3-5-16(17)20-18(24)19-14-7-9-15(23)10-8-14/h3-6,11,14-15,23H,7-10H2,1-2H3,(H2,19,20,24). The van der Waals surface area contributed by atoms with Crippen LogP contribution in [-0.4, -0.2) is 33.1 Å². The molecule has 1 aromatic heterocycles. The van der Waals surface area contributed by atoms with Crippen molar-refractivity contribution in [3.05, 3.63) is 41.7 Å². The van der Waals surface area contributed by atoms with Gasteiger partial charge in [-0.3, -0.25) is 0 Å². The zero-order chi connectivity index (χ0) is 17.1. The van der Waals surface area contributed by atoms with Gasteiger partial charge in [0.05, 0.1) is 23.2 Å². The summed E-state index contributed by atoms with van der Waals surface area (Å²) < 4.78 is 1.84. The van der Waals surface area contributed by atoms with Gasteiger partial charge >= 0.3 is 6.03 Å². The summed E-state index contributed by atoms with van der Waals surface area (Å²) in [6.45, 7) is 3.94. The van der Waals surface area contributed by atoms with Crippen molar-refractivity contribution in [3.8, 4) is 5.69 Å². The zero-order valence-electron chi connectivity index (χ0n) is 14.1. The summed E-state index contributed by atoms with van der Waals surface area (Å²) in [6, 6.07) is 9.53. The van der Waals surface area contributed by atoms with Crippen LogP contribution in [0.25, 0.3) is 5.69 Å². The van der Waals surface area contributed by atoms with Gasteiger partial charge in [-0.25, -0.2) is 9.48 Å². The van der Waals surface area contributed by atoms with Crippen LogP contribution < -0.4 is 10.6 Å². The van der Waals surface area contributed by atoms with Crippen molar-refractivity contribution in [2.45, 2.75) is 51.7 Å². The molecular weight excluding hydrogens is 304 g/mol. The van der Waals surface area contributed by atoms with E-state index in [4.69, 9.17) is 0 Å². The summed E-state index contributed by atoms with van der Waals surface area (Å²) in [5.41, 5.74) is 3.52. The van der Waals surface area contributed by atoms with Crippen LogP contribution in [0.5, 0.6) is 0 Å². The van der Waals surface area contributed by atoms with Crippen LogP contribution in [0.2, 0.25) is 0 Å². The average Bonchev–Trinajstić information content (AvgIpc) is 2.88. The van der Waals surface area contributed by atoms with E-state index in [1.165, 1.54) is 0 Å². The number of aliphatic hydroxyl groups is 1. The van der Waals surface area contributed by atoms with Crippen molar-refractivity contribution < 1.29 is 9.90 Å². The minimum atomic E-state index is -0.224. The molecule has 1 saturated carbocycles. The fourth-order valence-electron chi connectivity index (χ4n) is 3.20. The van der Waals surface area contributed by atoms with Gasteiger partial charge in [0, 0.05) is 11.7 Å². The van der Waals surface area contributed by atoms with Crippen LogP contribution in [0.1, 0.15) is 37.1 Å². The van der Waals surface area contributed by atoms with Crippen molar-refractivity contribution in [1.82, 2.24) is 15.1 Å². The number of urea groups is 1. The Balaban J connectivity index is 1.71. The van der Waals surface area contributed by atoms with Crippen molar-refractivity contribution in [3.63, 3.8) is 0 Å². The number of hydrogen-bond donors (Lipinski definition) is 3. The normalized spacial score (nSPS) is 20.6. The van der Waals surface area contributed by atoms with E-state index in [2.05, 4.69) is 15.7 Å². The molecule has 128 valence electrons. The van der Waals surface area contributed by atoms with Crippen LogP contribution in [0.4, 0.5) is 10.5 Å². The lowest BCUT2D eigenvalue weighted by atomic mass is 9.93. The van der Waals surface area contributed by atoms with Crippen molar-refractivity contribution >= 4 is 11.7 Å². The second-order valence-corrected chi connectivity index (χ2v) is 6.46. The molecule has 0 saturated heterocycles. The number of rotatable bonds is 3. The van der Waals surface area contributed by atoms with Crippen LogP contribution >= 0.6 is 0 Å². The number of nitrogens with one attached hydrogen (secondary N) is 2. The lowest BCUT2D eigenvalue weighted by molar-refractivity contribution is 0.118. The number of para-hydroxylation sites is 2. The van der Waals surface area contributed by atoms with Crippen LogP contribution in [0.15, 0.2) is 30.3 Å². The number of amides is 2. The van der Waals surface area contributed by atoms with Crippen molar-refractivity contribution in [1.29, 1.82) is 0 Å². The number of aliphatic hydroxyl groups excluding tert-OH is 1. The maximum absolute atomic E-state index is 12.3. The molecule has 1 aromatic carbocycles. The Hall–Kier alpha value is -2.34. The second kappa shape index (κ2) is 7.05. The summed E-state index contributed by atoms with van der Waals surface area (Å²) in [5, 5.41) is 20.0. The van der Waals surface area contributed by atoms with Gasteiger partial charge in [-0.15, -0.1) is 0 Å². The number of carbonyl (C=O) groups excluding carboxylic acids is 1. The number of benzene rings is 1. The Morgan fingerprint density at radius 1 is 1.21 bits per heavy atom. The van der Waals surface area contributed by atoms with Gasteiger partial charge in [0.2, 0.25) is 0 Å². The monoisotopic (exact) mass is 328 g/mol. The van der Waals surface area contributed by atoms with E-state index >= 15 is 0 Å². The van der Waals surface area contributed by atoms with Crippen LogP contribution in [0, 0.1) is 13.8 Å². The molecule has 3 rings (SSSR count). The van der Waals surface area contributed by atoms with Gasteiger partial charge < -0.3 is 15.7 Å². The SMILES string of the molecule is Cc1cc(C)n(-c2ccccc2NC(=O)NC2CCC(O)CC2)n1. The number of carbonyl (C=O) groups is 1. The van der Waals surface area contributed by atoms with E-state index in [-0.39, 0.29) is 18.2 Å². The number of nitrogens with zero attached hydrogens (tertiary/aromatic N) is 2. The first kappa shape index (κ1) is 16.5. The molecule has 0 radical (unpaired) electrons. The third-order valence-corrected chi connectivity index (χ3v) is 4.42. The van der Waals surface area contributed by atoms with Gasteiger partial charge in [0.15, 0.2) is 0 Å². The van der Waals surface area contributed by atoms with Gasteiger partial charge in [0.25, 0.3) is 0 Å². The molecule has 6 nitrogen and oxygen atoms in total. The quantitative estimate of drug-likeness (QED) is 0.810. The zero-order valence-corrected chi connectivity index (χ0v) is 14.1.